The van der Waals surface area contributed by atoms with Gasteiger partial charge in [-0.1, -0.05) is 46.4 Å². The van der Waals surface area contributed by atoms with Crippen molar-refractivity contribution in [3.05, 3.63) is 29.8 Å². The zero-order valence-electron chi connectivity index (χ0n) is 18.6. The molecule has 0 saturated heterocycles. The Hall–Kier alpha value is 0.523. The van der Waals surface area contributed by atoms with E-state index in [4.69, 9.17) is 24.1 Å². The molecule has 5 heteroatoms. The van der Waals surface area contributed by atoms with E-state index in [0.717, 1.165) is 11.3 Å². The van der Waals surface area contributed by atoms with Crippen LogP contribution in [0.25, 0.3) is 0 Å². The summed E-state index contributed by atoms with van der Waals surface area (Å²) < 4.78 is 7.51. The molecule has 0 unspecified atom stereocenters. The molecule has 3 fully saturated rings. The van der Waals surface area contributed by atoms with Crippen molar-refractivity contribution in [1.29, 1.82) is 0 Å². The van der Waals surface area contributed by atoms with Gasteiger partial charge >= 0.3 is 97.8 Å². The second-order valence-electron chi connectivity index (χ2n) is 9.27. The van der Waals surface area contributed by atoms with Crippen LogP contribution in [0.4, 0.5) is 0 Å². The quantitative estimate of drug-likeness (QED) is 0.250. The Balaban J connectivity index is 0.000000173. The molecule has 0 atom stereocenters. The van der Waals surface area contributed by atoms with Gasteiger partial charge in [-0.15, -0.1) is 0 Å². The summed E-state index contributed by atoms with van der Waals surface area (Å²) in [5.41, 5.74) is 4.62. The molecule has 0 radical (unpaired) electrons. The Bertz CT molecular complexity index is 621. The SMILES string of the molecule is C1CCC(P(C2CCCC2)C2CCCC2)C1.CC(C)Oc1ccccc1[CH]=[Ru]([Cl])[Cl]. The van der Waals surface area contributed by atoms with Crippen LogP contribution in [0.1, 0.15) is 96.5 Å². The summed E-state index contributed by atoms with van der Waals surface area (Å²) in [5, 5.41) is 0. The number of halogens is 2. The maximum absolute atomic E-state index is 5.82. The van der Waals surface area contributed by atoms with Crippen molar-refractivity contribution in [2.24, 2.45) is 0 Å². The number of hydrogen-bond donors (Lipinski definition) is 0. The van der Waals surface area contributed by atoms with Crippen molar-refractivity contribution >= 4 is 31.9 Å². The molecule has 30 heavy (non-hydrogen) atoms. The van der Waals surface area contributed by atoms with Crippen LogP contribution in [0.15, 0.2) is 24.3 Å². The van der Waals surface area contributed by atoms with Gasteiger partial charge in [0.05, 0.1) is 0 Å². The third-order valence-corrected chi connectivity index (χ3v) is 12.6. The Morgan fingerprint density at radius 1 is 0.833 bits per heavy atom. The van der Waals surface area contributed by atoms with Gasteiger partial charge in [-0.3, -0.25) is 0 Å². The van der Waals surface area contributed by atoms with Crippen LogP contribution in [0.5, 0.6) is 5.75 Å². The molecule has 172 valence electrons. The Morgan fingerprint density at radius 3 is 1.67 bits per heavy atom. The predicted molar refractivity (Wildman–Crippen MR) is 133 cm³/mol. The fourth-order valence-corrected chi connectivity index (χ4v) is 12.0. The third-order valence-electron chi connectivity index (χ3n) is 6.71. The van der Waals surface area contributed by atoms with E-state index >= 15 is 0 Å². The third kappa shape index (κ3) is 7.83. The first-order chi connectivity index (χ1) is 14.5. The van der Waals surface area contributed by atoms with Crippen LogP contribution in [0.2, 0.25) is 0 Å². The molecule has 1 aromatic carbocycles. The van der Waals surface area contributed by atoms with Crippen molar-refractivity contribution in [3.63, 3.8) is 0 Å². The fraction of sp³-hybridized carbons (Fsp3) is 0.720. The second-order valence-corrected chi connectivity index (χ2v) is 18.1. The van der Waals surface area contributed by atoms with Crippen molar-refractivity contribution < 1.29 is 18.3 Å². The Morgan fingerprint density at radius 2 is 1.27 bits per heavy atom. The minimum atomic E-state index is -1.77. The number of hydrogen-bond acceptors (Lipinski definition) is 1. The molecular formula is C25H39Cl2OPRu. The number of rotatable bonds is 6. The van der Waals surface area contributed by atoms with Crippen molar-refractivity contribution in [2.75, 3.05) is 0 Å². The van der Waals surface area contributed by atoms with Gasteiger partial charge in [-0.2, -0.15) is 0 Å². The van der Waals surface area contributed by atoms with Crippen LogP contribution in [-0.4, -0.2) is 27.7 Å². The van der Waals surface area contributed by atoms with Crippen LogP contribution < -0.4 is 4.74 Å². The summed E-state index contributed by atoms with van der Waals surface area (Å²) in [6, 6.07) is 7.78. The van der Waals surface area contributed by atoms with Crippen molar-refractivity contribution in [2.45, 2.75) is 114 Å². The first-order valence-corrected chi connectivity index (χ1v) is 18.9. The minimum absolute atomic E-state index is 0.163. The first-order valence-electron chi connectivity index (χ1n) is 11.9. The summed E-state index contributed by atoms with van der Waals surface area (Å²) in [7, 11) is 12.1. The van der Waals surface area contributed by atoms with Gasteiger partial charge in [-0.05, 0) is 55.5 Å². The van der Waals surface area contributed by atoms with Crippen LogP contribution in [0, 0.1) is 0 Å². The Labute approximate surface area is 198 Å². The van der Waals surface area contributed by atoms with Gasteiger partial charge in [0, 0.05) is 0 Å². The zero-order valence-corrected chi connectivity index (χ0v) is 22.8. The Kier molecular flexibility index (Phi) is 11.1. The van der Waals surface area contributed by atoms with Gasteiger partial charge in [0.1, 0.15) is 0 Å². The van der Waals surface area contributed by atoms with E-state index in [1.165, 1.54) is 17.0 Å². The molecule has 4 rings (SSSR count). The first kappa shape index (κ1) is 25.2. The van der Waals surface area contributed by atoms with Gasteiger partial charge in [0.25, 0.3) is 0 Å². The van der Waals surface area contributed by atoms with Crippen molar-refractivity contribution in [1.82, 2.24) is 0 Å². The number of benzene rings is 1. The van der Waals surface area contributed by atoms with Crippen molar-refractivity contribution in [3.8, 4) is 5.75 Å². The standard InChI is InChI=1S/C15H27P.C10H12O.2ClH.Ru/c1-2-8-13(7-1)16(14-9-3-4-10-14)15-11-5-6-12-15;1-8(2)11-10-7-5-4-6-9(10)3;;;/h13-15H,1-12H2;3-8H,1-2H3;2*1H;/q;;;;+2/p-2. The van der Waals surface area contributed by atoms with E-state index in [1.807, 2.05) is 42.7 Å². The van der Waals surface area contributed by atoms with E-state index in [0.29, 0.717) is 7.92 Å². The molecule has 1 nitrogen and oxygen atoms in total. The topological polar surface area (TPSA) is 9.23 Å². The average molecular weight is 559 g/mol. The zero-order chi connectivity index (χ0) is 21.3. The molecule has 3 saturated carbocycles. The molecule has 0 heterocycles. The molecule has 0 aliphatic heterocycles. The summed E-state index contributed by atoms with van der Waals surface area (Å²) in [6.07, 6.45) is 19.2. The predicted octanol–water partition coefficient (Wildman–Crippen LogP) is 8.85. The monoisotopic (exact) mass is 558 g/mol. The summed E-state index contributed by atoms with van der Waals surface area (Å²) in [4.78, 5) is 0. The average Bonchev–Trinajstić information content (AvgIpc) is 3.48. The van der Waals surface area contributed by atoms with E-state index in [9.17, 15) is 0 Å². The van der Waals surface area contributed by atoms with Crippen LogP contribution >= 0.6 is 27.3 Å². The molecule has 3 aliphatic carbocycles. The van der Waals surface area contributed by atoms with Gasteiger partial charge < -0.3 is 0 Å². The van der Waals surface area contributed by atoms with E-state index in [1.54, 1.807) is 77.0 Å². The summed E-state index contributed by atoms with van der Waals surface area (Å²) >= 11 is -1.77. The molecule has 0 aromatic heterocycles. The summed E-state index contributed by atoms with van der Waals surface area (Å²) in [6.45, 7) is 3.99. The molecule has 0 amide bonds. The second kappa shape index (κ2) is 13.3. The van der Waals surface area contributed by atoms with Crippen LogP contribution in [0.3, 0.4) is 0 Å². The van der Waals surface area contributed by atoms with Crippen LogP contribution in [-0.2, 0) is 13.5 Å². The molecule has 1 aromatic rings. The normalized spacial score (nSPS) is 21.2. The van der Waals surface area contributed by atoms with E-state index in [-0.39, 0.29) is 6.10 Å². The molecular weight excluding hydrogens is 519 g/mol. The molecule has 0 spiro atoms. The van der Waals surface area contributed by atoms with Gasteiger partial charge in [0.2, 0.25) is 0 Å². The van der Waals surface area contributed by atoms with E-state index < -0.39 is 13.5 Å². The fourth-order valence-electron chi connectivity index (χ4n) is 5.51. The van der Waals surface area contributed by atoms with Gasteiger partial charge in [0.15, 0.2) is 0 Å². The van der Waals surface area contributed by atoms with E-state index in [2.05, 4.69) is 0 Å². The summed E-state index contributed by atoms with van der Waals surface area (Å²) in [5.74, 6) is 0.850. The molecule has 0 bridgehead atoms. The maximum atomic E-state index is 5.82. The molecule has 0 N–H and O–H groups in total. The van der Waals surface area contributed by atoms with Gasteiger partial charge in [-0.25, -0.2) is 0 Å². The number of ether oxygens (including phenoxy) is 1. The number of para-hydroxylation sites is 1. The molecule has 3 aliphatic rings.